The average Bonchev–Trinajstić information content (AvgIpc) is 2.75. The molecule has 1 aliphatic carbocycles. The standard InChI is InChI=1S/C16H15N.ClH/c1-2-16(17)12-7-8-15-13(10-12)9-11-5-3-4-6-14(11)15;/h2-8,10,16H,1,9,17H2;1H/t16-;/m0./s1. The van der Waals surface area contributed by atoms with E-state index in [-0.39, 0.29) is 18.4 Å². The van der Waals surface area contributed by atoms with Crippen LogP contribution >= 0.6 is 12.4 Å². The van der Waals surface area contributed by atoms with Gasteiger partial charge in [0.2, 0.25) is 0 Å². The minimum absolute atomic E-state index is 0. The smallest absolute Gasteiger partial charge is 0.0478 e. The third-order valence-electron chi connectivity index (χ3n) is 3.46. The Labute approximate surface area is 114 Å². The Hall–Kier alpha value is -1.57. The van der Waals surface area contributed by atoms with Crippen LogP contribution in [-0.4, -0.2) is 0 Å². The maximum atomic E-state index is 5.98. The minimum Gasteiger partial charge on any atom is -0.321 e. The van der Waals surface area contributed by atoms with E-state index in [9.17, 15) is 0 Å². The number of nitrogens with two attached hydrogens (primary N) is 1. The molecule has 0 aliphatic heterocycles. The molecule has 0 radical (unpaired) electrons. The van der Waals surface area contributed by atoms with Crippen molar-refractivity contribution in [3.8, 4) is 11.1 Å². The molecule has 0 heterocycles. The quantitative estimate of drug-likeness (QED) is 0.693. The summed E-state index contributed by atoms with van der Waals surface area (Å²) in [5.41, 5.74) is 12.6. The van der Waals surface area contributed by atoms with Gasteiger partial charge in [0.15, 0.2) is 0 Å². The number of fused-ring (bicyclic) bond motifs is 3. The van der Waals surface area contributed by atoms with E-state index in [1.807, 2.05) is 0 Å². The lowest BCUT2D eigenvalue weighted by atomic mass is 10.00. The van der Waals surface area contributed by atoms with Crippen LogP contribution in [0.25, 0.3) is 11.1 Å². The topological polar surface area (TPSA) is 26.0 Å². The van der Waals surface area contributed by atoms with Crippen molar-refractivity contribution in [2.75, 3.05) is 0 Å². The van der Waals surface area contributed by atoms with Crippen LogP contribution in [0.2, 0.25) is 0 Å². The molecule has 0 saturated carbocycles. The van der Waals surface area contributed by atoms with E-state index in [0.29, 0.717) is 0 Å². The predicted octanol–water partition coefficient (Wildman–Crippen LogP) is 3.87. The molecule has 1 nitrogen and oxygen atoms in total. The lowest BCUT2D eigenvalue weighted by Crippen LogP contribution is -2.06. The SMILES string of the molecule is C=C[C@H](N)c1ccc2c(c1)Cc1ccccc1-2.Cl. The van der Waals surface area contributed by atoms with Crippen LogP contribution in [0.1, 0.15) is 22.7 Å². The second-order valence-corrected chi connectivity index (χ2v) is 4.51. The van der Waals surface area contributed by atoms with Crippen molar-refractivity contribution in [3.05, 3.63) is 71.8 Å². The second kappa shape index (κ2) is 4.97. The first kappa shape index (κ1) is 12.9. The third-order valence-corrected chi connectivity index (χ3v) is 3.46. The number of rotatable bonds is 2. The fourth-order valence-electron chi connectivity index (χ4n) is 2.51. The average molecular weight is 258 g/mol. The van der Waals surface area contributed by atoms with Crippen molar-refractivity contribution < 1.29 is 0 Å². The molecule has 2 N–H and O–H groups in total. The van der Waals surface area contributed by atoms with Gasteiger partial charge >= 0.3 is 0 Å². The van der Waals surface area contributed by atoms with Gasteiger partial charge in [0.25, 0.3) is 0 Å². The fourth-order valence-corrected chi connectivity index (χ4v) is 2.51. The molecule has 0 fully saturated rings. The van der Waals surface area contributed by atoms with Crippen molar-refractivity contribution in [3.63, 3.8) is 0 Å². The summed E-state index contributed by atoms with van der Waals surface area (Å²) in [5.74, 6) is 0. The van der Waals surface area contributed by atoms with Gasteiger partial charge in [-0.3, -0.25) is 0 Å². The van der Waals surface area contributed by atoms with E-state index in [0.717, 1.165) is 12.0 Å². The van der Waals surface area contributed by atoms with Gasteiger partial charge in [0.05, 0.1) is 0 Å². The summed E-state index contributed by atoms with van der Waals surface area (Å²) >= 11 is 0. The highest BCUT2D eigenvalue weighted by molar-refractivity contribution is 5.85. The molecule has 0 bridgehead atoms. The van der Waals surface area contributed by atoms with Crippen LogP contribution in [0, 0.1) is 0 Å². The van der Waals surface area contributed by atoms with Crippen molar-refractivity contribution in [2.24, 2.45) is 5.73 Å². The Morgan fingerprint density at radius 1 is 1.06 bits per heavy atom. The Kier molecular flexibility index (Phi) is 3.55. The van der Waals surface area contributed by atoms with Crippen molar-refractivity contribution in [1.82, 2.24) is 0 Å². The largest absolute Gasteiger partial charge is 0.321 e. The van der Waals surface area contributed by atoms with Gasteiger partial charge in [0, 0.05) is 6.04 Å². The van der Waals surface area contributed by atoms with E-state index < -0.39 is 0 Å². The summed E-state index contributed by atoms with van der Waals surface area (Å²) in [7, 11) is 0. The molecule has 3 rings (SSSR count). The van der Waals surface area contributed by atoms with Gasteiger partial charge in [-0.25, -0.2) is 0 Å². The maximum absolute atomic E-state index is 5.98. The van der Waals surface area contributed by atoms with Gasteiger partial charge in [0.1, 0.15) is 0 Å². The lowest BCUT2D eigenvalue weighted by molar-refractivity contribution is 0.911. The van der Waals surface area contributed by atoms with Crippen molar-refractivity contribution >= 4 is 12.4 Å². The molecule has 0 spiro atoms. The van der Waals surface area contributed by atoms with Crippen LogP contribution in [0.15, 0.2) is 55.1 Å². The van der Waals surface area contributed by atoms with Gasteiger partial charge in [-0.1, -0.05) is 48.5 Å². The molecule has 1 atom stereocenters. The summed E-state index contributed by atoms with van der Waals surface area (Å²) in [6, 6.07) is 15.0. The van der Waals surface area contributed by atoms with Crippen LogP contribution in [0.3, 0.4) is 0 Å². The van der Waals surface area contributed by atoms with Crippen molar-refractivity contribution in [1.29, 1.82) is 0 Å². The molecule has 0 amide bonds. The zero-order chi connectivity index (χ0) is 11.8. The summed E-state index contributed by atoms with van der Waals surface area (Å²) < 4.78 is 0. The highest BCUT2D eigenvalue weighted by Gasteiger charge is 2.18. The molecule has 0 aromatic heterocycles. The molecule has 2 aromatic rings. The zero-order valence-corrected chi connectivity index (χ0v) is 10.9. The second-order valence-electron chi connectivity index (χ2n) is 4.51. The van der Waals surface area contributed by atoms with E-state index in [2.05, 4.69) is 49.0 Å². The summed E-state index contributed by atoms with van der Waals surface area (Å²) in [5, 5.41) is 0. The molecule has 18 heavy (non-hydrogen) atoms. The minimum atomic E-state index is -0.0657. The van der Waals surface area contributed by atoms with Gasteiger partial charge in [-0.2, -0.15) is 0 Å². The molecule has 92 valence electrons. The Bertz CT molecular complexity index is 589. The Balaban J connectivity index is 0.00000120. The summed E-state index contributed by atoms with van der Waals surface area (Å²) in [6.45, 7) is 3.75. The van der Waals surface area contributed by atoms with E-state index in [1.165, 1.54) is 22.3 Å². The predicted molar refractivity (Wildman–Crippen MR) is 79.1 cm³/mol. The summed E-state index contributed by atoms with van der Waals surface area (Å²) in [4.78, 5) is 0. The van der Waals surface area contributed by atoms with Gasteiger partial charge in [-0.15, -0.1) is 19.0 Å². The molecule has 2 aromatic carbocycles. The zero-order valence-electron chi connectivity index (χ0n) is 10.1. The van der Waals surface area contributed by atoms with Crippen LogP contribution < -0.4 is 5.73 Å². The first-order valence-corrected chi connectivity index (χ1v) is 5.89. The molecule has 0 saturated heterocycles. The van der Waals surface area contributed by atoms with Crippen molar-refractivity contribution in [2.45, 2.75) is 12.5 Å². The molecular formula is C16H16ClN. The van der Waals surface area contributed by atoms with Gasteiger partial charge < -0.3 is 5.73 Å². The monoisotopic (exact) mass is 257 g/mol. The lowest BCUT2D eigenvalue weighted by Gasteiger charge is -2.09. The van der Waals surface area contributed by atoms with E-state index in [4.69, 9.17) is 5.73 Å². The van der Waals surface area contributed by atoms with Crippen LogP contribution in [0.5, 0.6) is 0 Å². The fraction of sp³-hybridized carbons (Fsp3) is 0.125. The molecule has 0 unspecified atom stereocenters. The van der Waals surface area contributed by atoms with Crippen LogP contribution in [-0.2, 0) is 6.42 Å². The number of hydrogen-bond donors (Lipinski definition) is 1. The maximum Gasteiger partial charge on any atom is 0.0478 e. The molecular weight excluding hydrogens is 242 g/mol. The van der Waals surface area contributed by atoms with Gasteiger partial charge in [-0.05, 0) is 34.2 Å². The highest BCUT2D eigenvalue weighted by Crippen LogP contribution is 2.37. The molecule has 2 heteroatoms. The summed E-state index contributed by atoms with van der Waals surface area (Å²) in [6.07, 6.45) is 2.80. The van der Waals surface area contributed by atoms with E-state index >= 15 is 0 Å². The van der Waals surface area contributed by atoms with E-state index in [1.54, 1.807) is 6.08 Å². The first-order chi connectivity index (χ1) is 8.29. The Morgan fingerprint density at radius 2 is 1.78 bits per heavy atom. The van der Waals surface area contributed by atoms with Crippen LogP contribution in [0.4, 0.5) is 0 Å². The normalized spacial score (nSPS) is 13.2. The first-order valence-electron chi connectivity index (χ1n) is 5.89. The number of hydrogen-bond acceptors (Lipinski definition) is 1. The third kappa shape index (κ3) is 1.96. The highest BCUT2D eigenvalue weighted by atomic mass is 35.5. The number of benzene rings is 2. The molecule has 1 aliphatic rings. The Morgan fingerprint density at radius 3 is 2.56 bits per heavy atom. The number of halogens is 1.